The van der Waals surface area contributed by atoms with E-state index in [1.165, 1.54) is 0 Å². The summed E-state index contributed by atoms with van der Waals surface area (Å²) in [6.07, 6.45) is -1.86. The van der Waals surface area contributed by atoms with Crippen LogP contribution in [0.2, 0.25) is 0 Å². The van der Waals surface area contributed by atoms with Crippen molar-refractivity contribution in [2.75, 3.05) is 19.8 Å². The van der Waals surface area contributed by atoms with Gasteiger partial charge in [-0.1, -0.05) is 12.5 Å². The maximum atomic E-state index is 11.8. The molecule has 0 radical (unpaired) electrons. The van der Waals surface area contributed by atoms with Gasteiger partial charge in [0.25, 0.3) is 0 Å². The normalized spacial score (nSPS) is 13.7. The van der Waals surface area contributed by atoms with Crippen LogP contribution in [0.15, 0.2) is 12.2 Å². The van der Waals surface area contributed by atoms with Gasteiger partial charge in [0.2, 0.25) is 0 Å². The highest BCUT2D eigenvalue weighted by atomic mass is 19.4. The topological polar surface area (TPSA) is 21.3 Å². The molecule has 0 aromatic carbocycles. The van der Waals surface area contributed by atoms with Gasteiger partial charge in [-0.15, -0.1) is 6.58 Å². The second-order valence-electron chi connectivity index (χ2n) is 4.21. The number of ether oxygens (including phenoxy) is 1. The molecule has 0 bridgehead atoms. The maximum absolute atomic E-state index is 11.8. The lowest BCUT2D eigenvalue weighted by Crippen LogP contribution is -2.30. The van der Waals surface area contributed by atoms with Gasteiger partial charge in [0.15, 0.2) is 0 Å². The summed E-state index contributed by atoms with van der Waals surface area (Å²) in [4.78, 5) is 0. The predicted molar refractivity (Wildman–Crippen MR) is 63.0 cm³/mol. The van der Waals surface area contributed by atoms with Crippen molar-refractivity contribution < 1.29 is 17.9 Å². The van der Waals surface area contributed by atoms with E-state index >= 15 is 0 Å². The Morgan fingerprint density at radius 3 is 2.47 bits per heavy atom. The molecule has 0 aliphatic rings. The molecule has 1 atom stereocenters. The summed E-state index contributed by atoms with van der Waals surface area (Å²) in [7, 11) is 0. The first-order valence-electron chi connectivity index (χ1n) is 5.87. The monoisotopic (exact) mass is 253 g/mol. The minimum atomic E-state index is -4.23. The van der Waals surface area contributed by atoms with Gasteiger partial charge in [0.1, 0.15) is 6.61 Å². The van der Waals surface area contributed by atoms with E-state index in [0.29, 0.717) is 6.42 Å². The van der Waals surface area contributed by atoms with Crippen molar-refractivity contribution in [3.05, 3.63) is 12.2 Å². The highest BCUT2D eigenvalue weighted by molar-refractivity contribution is 4.89. The van der Waals surface area contributed by atoms with Crippen LogP contribution in [0.3, 0.4) is 0 Å². The van der Waals surface area contributed by atoms with Crippen molar-refractivity contribution in [3.63, 3.8) is 0 Å². The molecule has 0 aliphatic carbocycles. The van der Waals surface area contributed by atoms with Crippen LogP contribution < -0.4 is 5.32 Å². The van der Waals surface area contributed by atoms with Crippen molar-refractivity contribution in [3.8, 4) is 0 Å². The summed E-state index contributed by atoms with van der Waals surface area (Å²) in [5.74, 6) is 0. The number of hydrogen-bond donors (Lipinski definition) is 1. The molecule has 0 aromatic rings. The maximum Gasteiger partial charge on any atom is 0.411 e. The van der Waals surface area contributed by atoms with Crippen molar-refractivity contribution in [1.29, 1.82) is 0 Å². The standard InChI is InChI=1S/C12H22F3NO/c1-4-16-11(6-5-10(2)3)7-8-17-9-12(13,14)15/h11,16H,2,4-9H2,1,3H3. The number of allylic oxidation sites excluding steroid dienone is 1. The van der Waals surface area contributed by atoms with Crippen LogP contribution >= 0.6 is 0 Å². The van der Waals surface area contributed by atoms with Gasteiger partial charge < -0.3 is 10.1 Å². The van der Waals surface area contributed by atoms with Crippen LogP contribution in [0.4, 0.5) is 13.2 Å². The van der Waals surface area contributed by atoms with Crippen LogP contribution in [0, 0.1) is 0 Å². The Kier molecular flexibility index (Phi) is 8.25. The average molecular weight is 253 g/mol. The quantitative estimate of drug-likeness (QED) is 0.503. The lowest BCUT2D eigenvalue weighted by Gasteiger charge is -2.18. The Morgan fingerprint density at radius 2 is 2.00 bits per heavy atom. The minimum Gasteiger partial charge on any atom is -0.372 e. The highest BCUT2D eigenvalue weighted by Gasteiger charge is 2.27. The number of nitrogens with one attached hydrogen (secondary N) is 1. The molecule has 0 heterocycles. The third kappa shape index (κ3) is 11.7. The lowest BCUT2D eigenvalue weighted by molar-refractivity contribution is -0.174. The molecule has 0 saturated heterocycles. The molecule has 0 rings (SSSR count). The summed E-state index contributed by atoms with van der Waals surface area (Å²) in [6.45, 7) is 7.51. The van der Waals surface area contributed by atoms with Gasteiger partial charge in [-0.25, -0.2) is 0 Å². The fourth-order valence-electron chi connectivity index (χ4n) is 1.47. The van der Waals surface area contributed by atoms with Crippen LogP contribution in [0.25, 0.3) is 0 Å². The summed E-state index contributed by atoms with van der Waals surface area (Å²) in [5, 5.41) is 3.23. The van der Waals surface area contributed by atoms with Gasteiger partial charge in [-0.2, -0.15) is 13.2 Å². The summed E-state index contributed by atoms with van der Waals surface area (Å²) in [6, 6.07) is 0.199. The smallest absolute Gasteiger partial charge is 0.372 e. The Bertz CT molecular complexity index is 216. The van der Waals surface area contributed by atoms with Gasteiger partial charge in [0, 0.05) is 12.6 Å². The molecule has 5 heteroatoms. The first kappa shape index (κ1) is 16.4. The van der Waals surface area contributed by atoms with E-state index in [4.69, 9.17) is 0 Å². The van der Waals surface area contributed by atoms with E-state index in [2.05, 4.69) is 16.6 Å². The van der Waals surface area contributed by atoms with Crippen molar-refractivity contribution in [1.82, 2.24) is 5.32 Å². The molecule has 0 spiro atoms. The van der Waals surface area contributed by atoms with E-state index < -0.39 is 12.8 Å². The highest BCUT2D eigenvalue weighted by Crippen LogP contribution is 2.15. The second kappa shape index (κ2) is 8.53. The summed E-state index contributed by atoms with van der Waals surface area (Å²) >= 11 is 0. The molecule has 0 amide bonds. The van der Waals surface area contributed by atoms with E-state index in [-0.39, 0.29) is 12.6 Å². The molecule has 102 valence electrons. The van der Waals surface area contributed by atoms with Gasteiger partial charge in [-0.05, 0) is 32.7 Å². The zero-order chi connectivity index (χ0) is 13.3. The van der Waals surface area contributed by atoms with E-state index in [1.54, 1.807) is 0 Å². The van der Waals surface area contributed by atoms with Crippen molar-refractivity contribution in [2.45, 2.75) is 45.3 Å². The Morgan fingerprint density at radius 1 is 1.35 bits per heavy atom. The predicted octanol–water partition coefficient (Wildman–Crippen LogP) is 3.29. The first-order valence-corrected chi connectivity index (χ1v) is 5.87. The third-order valence-corrected chi connectivity index (χ3v) is 2.29. The minimum absolute atomic E-state index is 0.132. The SMILES string of the molecule is C=C(C)CCC(CCOCC(F)(F)F)NCC. The van der Waals surface area contributed by atoms with Crippen LogP contribution in [-0.2, 0) is 4.74 Å². The van der Waals surface area contributed by atoms with E-state index in [0.717, 1.165) is 25.0 Å². The molecule has 2 nitrogen and oxygen atoms in total. The molecular weight excluding hydrogens is 231 g/mol. The molecule has 1 unspecified atom stereocenters. The summed E-state index contributed by atoms with van der Waals surface area (Å²) < 4.78 is 40.1. The molecule has 17 heavy (non-hydrogen) atoms. The van der Waals surface area contributed by atoms with Crippen molar-refractivity contribution >= 4 is 0 Å². The molecule has 0 aromatic heterocycles. The van der Waals surface area contributed by atoms with E-state index in [1.807, 2.05) is 13.8 Å². The molecular formula is C12H22F3NO. The van der Waals surface area contributed by atoms with Crippen LogP contribution in [-0.4, -0.2) is 32.0 Å². The first-order chi connectivity index (χ1) is 7.85. The number of alkyl halides is 3. The van der Waals surface area contributed by atoms with Crippen LogP contribution in [0.1, 0.15) is 33.1 Å². The fourth-order valence-corrected chi connectivity index (χ4v) is 1.47. The van der Waals surface area contributed by atoms with Crippen LogP contribution in [0.5, 0.6) is 0 Å². The zero-order valence-corrected chi connectivity index (χ0v) is 10.6. The number of rotatable bonds is 9. The zero-order valence-electron chi connectivity index (χ0n) is 10.6. The van der Waals surface area contributed by atoms with Gasteiger partial charge >= 0.3 is 6.18 Å². The molecule has 0 saturated carbocycles. The summed E-state index contributed by atoms with van der Waals surface area (Å²) in [5.41, 5.74) is 1.09. The Labute approximate surface area is 101 Å². The van der Waals surface area contributed by atoms with Gasteiger partial charge in [-0.3, -0.25) is 0 Å². The largest absolute Gasteiger partial charge is 0.411 e. The Balaban J connectivity index is 3.73. The van der Waals surface area contributed by atoms with Crippen molar-refractivity contribution in [2.24, 2.45) is 0 Å². The Hall–Kier alpha value is -0.550. The molecule has 1 N–H and O–H groups in total. The number of halogens is 3. The number of hydrogen-bond acceptors (Lipinski definition) is 2. The lowest BCUT2D eigenvalue weighted by atomic mass is 10.1. The third-order valence-electron chi connectivity index (χ3n) is 2.29. The van der Waals surface area contributed by atoms with Gasteiger partial charge in [0.05, 0.1) is 0 Å². The second-order valence-corrected chi connectivity index (χ2v) is 4.21. The van der Waals surface area contributed by atoms with E-state index in [9.17, 15) is 13.2 Å². The molecule has 0 fully saturated rings. The average Bonchev–Trinajstić information content (AvgIpc) is 2.19. The fraction of sp³-hybridized carbons (Fsp3) is 0.833. The molecule has 0 aliphatic heterocycles.